The maximum absolute atomic E-state index is 11.6. The fourth-order valence-corrected chi connectivity index (χ4v) is 1.69. The van der Waals surface area contributed by atoms with Crippen LogP contribution in [-0.2, 0) is 9.59 Å². The molecule has 1 atom stereocenters. The van der Waals surface area contributed by atoms with Gasteiger partial charge in [0.25, 0.3) is 0 Å². The smallest absolute Gasteiger partial charge is 0.236 e. The van der Waals surface area contributed by atoms with Gasteiger partial charge in [-0.2, -0.15) is 0 Å². The fraction of sp³-hybridized carbons (Fsp3) is 0.857. The third-order valence-electron chi connectivity index (χ3n) is 3.00. The molecule has 112 valence electrons. The average molecular weight is 271 g/mol. The highest BCUT2D eigenvalue weighted by atomic mass is 16.2. The molecular formula is C14H29N3O2. The molecule has 0 radical (unpaired) electrons. The second-order valence-corrected chi connectivity index (χ2v) is 4.80. The van der Waals surface area contributed by atoms with Crippen LogP contribution in [-0.4, -0.2) is 30.9 Å². The largest absolute Gasteiger partial charge is 0.356 e. The molecule has 0 aliphatic carbocycles. The van der Waals surface area contributed by atoms with Gasteiger partial charge in [-0.1, -0.05) is 26.7 Å². The highest BCUT2D eigenvalue weighted by molar-refractivity contribution is 5.81. The number of carbonyl (C=O) groups is 2. The summed E-state index contributed by atoms with van der Waals surface area (Å²) in [5.41, 5.74) is 5.80. The topological polar surface area (TPSA) is 84.2 Å². The number of amides is 2. The van der Waals surface area contributed by atoms with Crippen LogP contribution in [0.1, 0.15) is 58.8 Å². The molecule has 0 heterocycles. The fourth-order valence-electron chi connectivity index (χ4n) is 1.69. The summed E-state index contributed by atoms with van der Waals surface area (Å²) in [7, 11) is 0. The summed E-state index contributed by atoms with van der Waals surface area (Å²) in [6, 6.07) is -0.427. The van der Waals surface area contributed by atoms with Crippen LogP contribution >= 0.6 is 0 Å². The Morgan fingerprint density at radius 3 is 2.26 bits per heavy atom. The van der Waals surface area contributed by atoms with Crippen LogP contribution in [0.15, 0.2) is 0 Å². The highest BCUT2D eigenvalue weighted by Crippen LogP contribution is 1.99. The molecule has 0 spiro atoms. The first-order valence-electron chi connectivity index (χ1n) is 7.41. The van der Waals surface area contributed by atoms with Crippen LogP contribution in [0.2, 0.25) is 0 Å². The van der Waals surface area contributed by atoms with E-state index in [1.165, 1.54) is 0 Å². The van der Waals surface area contributed by atoms with Crippen LogP contribution in [0, 0.1) is 0 Å². The zero-order valence-electron chi connectivity index (χ0n) is 12.3. The Hall–Kier alpha value is -1.10. The average Bonchev–Trinajstić information content (AvgIpc) is 2.42. The molecule has 19 heavy (non-hydrogen) atoms. The van der Waals surface area contributed by atoms with Crippen molar-refractivity contribution in [2.24, 2.45) is 5.73 Å². The van der Waals surface area contributed by atoms with Crippen molar-refractivity contribution in [2.75, 3.05) is 13.1 Å². The van der Waals surface area contributed by atoms with E-state index in [9.17, 15) is 9.59 Å². The monoisotopic (exact) mass is 271 g/mol. The van der Waals surface area contributed by atoms with Gasteiger partial charge in [0.15, 0.2) is 0 Å². The molecule has 1 unspecified atom stereocenters. The number of carbonyl (C=O) groups excluding carboxylic acids is 2. The molecular weight excluding hydrogens is 242 g/mol. The first-order chi connectivity index (χ1) is 9.11. The lowest BCUT2D eigenvalue weighted by Gasteiger charge is -2.12. The van der Waals surface area contributed by atoms with Crippen molar-refractivity contribution in [3.63, 3.8) is 0 Å². The quantitative estimate of drug-likeness (QED) is 0.495. The normalized spacial score (nSPS) is 11.9. The van der Waals surface area contributed by atoms with Crippen molar-refractivity contribution >= 4 is 11.8 Å². The summed E-state index contributed by atoms with van der Waals surface area (Å²) in [5.74, 6) is 0.00617. The Kier molecular flexibility index (Phi) is 11.3. The van der Waals surface area contributed by atoms with Crippen LogP contribution in [0.5, 0.6) is 0 Å². The summed E-state index contributed by atoms with van der Waals surface area (Å²) in [6.07, 6.45) is 6.19. The van der Waals surface area contributed by atoms with Crippen LogP contribution in [0.25, 0.3) is 0 Å². The summed E-state index contributed by atoms with van der Waals surface area (Å²) < 4.78 is 0. The van der Waals surface area contributed by atoms with E-state index in [-0.39, 0.29) is 11.8 Å². The lowest BCUT2D eigenvalue weighted by molar-refractivity contribution is -0.123. The van der Waals surface area contributed by atoms with E-state index < -0.39 is 6.04 Å². The number of rotatable bonds is 11. The molecule has 0 rings (SSSR count). The van der Waals surface area contributed by atoms with Crippen LogP contribution < -0.4 is 16.4 Å². The summed E-state index contributed by atoms with van der Waals surface area (Å²) in [5, 5.41) is 5.66. The lowest BCUT2D eigenvalue weighted by Crippen LogP contribution is -2.41. The van der Waals surface area contributed by atoms with Crippen molar-refractivity contribution in [1.29, 1.82) is 0 Å². The summed E-state index contributed by atoms with van der Waals surface area (Å²) in [6.45, 7) is 5.34. The summed E-state index contributed by atoms with van der Waals surface area (Å²) in [4.78, 5) is 22.6. The lowest BCUT2D eigenvalue weighted by atomic mass is 10.1. The third kappa shape index (κ3) is 10.5. The molecule has 0 fully saturated rings. The maximum atomic E-state index is 11.6. The van der Waals surface area contributed by atoms with E-state index in [1.54, 1.807) is 0 Å². The van der Waals surface area contributed by atoms with E-state index in [2.05, 4.69) is 17.6 Å². The molecule has 5 heteroatoms. The number of hydrogen-bond donors (Lipinski definition) is 3. The Labute approximate surface area is 116 Å². The van der Waals surface area contributed by atoms with Gasteiger partial charge in [0.05, 0.1) is 6.04 Å². The Balaban J connectivity index is 3.48. The minimum absolute atomic E-state index is 0.0614. The molecule has 0 aliphatic rings. The molecule has 0 aromatic heterocycles. The van der Waals surface area contributed by atoms with E-state index in [0.717, 1.165) is 32.1 Å². The van der Waals surface area contributed by atoms with Gasteiger partial charge in [-0.15, -0.1) is 0 Å². The minimum atomic E-state index is -0.427. The third-order valence-corrected chi connectivity index (χ3v) is 3.00. The number of nitrogens with one attached hydrogen (secondary N) is 2. The van der Waals surface area contributed by atoms with Gasteiger partial charge in [-0.3, -0.25) is 9.59 Å². The van der Waals surface area contributed by atoms with Crippen molar-refractivity contribution < 1.29 is 9.59 Å². The number of unbranched alkanes of at least 4 members (excludes halogenated alkanes) is 3. The van der Waals surface area contributed by atoms with Gasteiger partial charge < -0.3 is 16.4 Å². The molecule has 4 N–H and O–H groups in total. The molecule has 5 nitrogen and oxygen atoms in total. The molecule has 0 saturated heterocycles. The van der Waals surface area contributed by atoms with Gasteiger partial charge in [0, 0.05) is 19.5 Å². The summed E-state index contributed by atoms with van der Waals surface area (Å²) >= 11 is 0. The van der Waals surface area contributed by atoms with Crippen molar-refractivity contribution in [3.8, 4) is 0 Å². The maximum Gasteiger partial charge on any atom is 0.236 e. The zero-order chi connectivity index (χ0) is 14.5. The first kappa shape index (κ1) is 17.9. The van der Waals surface area contributed by atoms with E-state index in [1.807, 2.05) is 6.92 Å². The first-order valence-corrected chi connectivity index (χ1v) is 7.41. The van der Waals surface area contributed by atoms with Gasteiger partial charge >= 0.3 is 0 Å². The SMILES string of the molecule is CCCCCNC(=O)C(N)CCCCNC(=O)CC. The van der Waals surface area contributed by atoms with Crippen LogP contribution in [0.4, 0.5) is 0 Å². The van der Waals surface area contributed by atoms with Crippen LogP contribution in [0.3, 0.4) is 0 Å². The van der Waals surface area contributed by atoms with Gasteiger partial charge in [0.2, 0.25) is 11.8 Å². The van der Waals surface area contributed by atoms with E-state index >= 15 is 0 Å². The van der Waals surface area contributed by atoms with E-state index in [4.69, 9.17) is 5.73 Å². The minimum Gasteiger partial charge on any atom is -0.356 e. The van der Waals surface area contributed by atoms with Crippen molar-refractivity contribution in [1.82, 2.24) is 10.6 Å². The Bertz CT molecular complexity index is 257. The predicted octanol–water partition coefficient (Wildman–Crippen LogP) is 1.32. The second kappa shape index (κ2) is 12.0. The Morgan fingerprint density at radius 2 is 1.63 bits per heavy atom. The molecule has 0 aliphatic heterocycles. The molecule has 0 aromatic carbocycles. The standard InChI is InChI=1S/C14H29N3O2/c1-3-5-7-11-17-14(19)12(15)9-6-8-10-16-13(18)4-2/h12H,3-11,15H2,1-2H3,(H,16,18)(H,17,19). The predicted molar refractivity (Wildman–Crippen MR) is 77.7 cm³/mol. The molecule has 0 bridgehead atoms. The van der Waals surface area contributed by atoms with Crippen molar-refractivity contribution in [3.05, 3.63) is 0 Å². The Morgan fingerprint density at radius 1 is 1.00 bits per heavy atom. The molecule has 2 amide bonds. The zero-order valence-corrected chi connectivity index (χ0v) is 12.3. The van der Waals surface area contributed by atoms with Crippen molar-refractivity contribution in [2.45, 2.75) is 64.8 Å². The molecule has 0 saturated carbocycles. The molecule has 0 aromatic rings. The van der Waals surface area contributed by atoms with Gasteiger partial charge in [-0.05, 0) is 25.7 Å². The van der Waals surface area contributed by atoms with E-state index in [0.29, 0.717) is 25.9 Å². The second-order valence-electron chi connectivity index (χ2n) is 4.80. The number of hydrogen-bond acceptors (Lipinski definition) is 3. The highest BCUT2D eigenvalue weighted by Gasteiger charge is 2.11. The van der Waals surface area contributed by atoms with Gasteiger partial charge in [0.1, 0.15) is 0 Å². The number of nitrogens with two attached hydrogens (primary N) is 1. The van der Waals surface area contributed by atoms with Gasteiger partial charge in [-0.25, -0.2) is 0 Å².